The first kappa shape index (κ1) is 26.6. The van der Waals surface area contributed by atoms with Crippen LogP contribution in [0.25, 0.3) is 0 Å². The van der Waals surface area contributed by atoms with Gasteiger partial charge in [-0.05, 0) is 50.8 Å². The maximum absolute atomic E-state index is 12.9. The third kappa shape index (κ3) is 8.31. The molecule has 0 aliphatic carbocycles. The lowest BCUT2D eigenvalue weighted by Gasteiger charge is -2.16. The number of hydrazone groups is 1. The molecule has 38 heavy (non-hydrogen) atoms. The zero-order valence-corrected chi connectivity index (χ0v) is 21.9. The van der Waals surface area contributed by atoms with Crippen molar-refractivity contribution in [2.75, 3.05) is 0 Å². The average Bonchev–Trinajstić information content (AvgIpc) is 3.45. The zero-order valence-electron chi connectivity index (χ0n) is 20.3. The number of hydrogen-bond acceptors (Lipinski definition) is 6. The quantitative estimate of drug-likeness (QED) is 0.176. The third-order valence-corrected chi connectivity index (χ3v) is 6.00. The number of hydrogen-bond donors (Lipinski definition) is 3. The van der Waals surface area contributed by atoms with Crippen molar-refractivity contribution in [3.8, 4) is 5.75 Å². The molecule has 1 atom stereocenters. The van der Waals surface area contributed by atoms with E-state index in [-0.39, 0.29) is 13.0 Å². The van der Waals surface area contributed by atoms with E-state index in [4.69, 9.17) is 9.47 Å². The number of carbonyl (C=O) groups excluding carboxylic acids is 2. The summed E-state index contributed by atoms with van der Waals surface area (Å²) < 4.78 is 11.9. The van der Waals surface area contributed by atoms with E-state index in [9.17, 15) is 9.59 Å². The first-order valence-electron chi connectivity index (χ1n) is 11.8. The van der Waals surface area contributed by atoms with Crippen LogP contribution >= 0.6 is 15.9 Å². The molecule has 2 amide bonds. The Morgan fingerprint density at radius 2 is 1.71 bits per heavy atom. The van der Waals surface area contributed by atoms with Gasteiger partial charge in [-0.25, -0.2) is 15.2 Å². The number of alkyl carbamates (subject to hydrolysis) is 1. The number of imidazole rings is 1. The molecule has 10 heteroatoms. The molecule has 0 bridgehead atoms. The molecule has 4 rings (SSSR count). The van der Waals surface area contributed by atoms with E-state index in [0.717, 1.165) is 21.2 Å². The highest BCUT2D eigenvalue weighted by Gasteiger charge is 2.22. The van der Waals surface area contributed by atoms with E-state index >= 15 is 0 Å². The number of rotatable bonds is 11. The fourth-order valence-electron chi connectivity index (χ4n) is 3.43. The Hall–Kier alpha value is -4.44. The SMILES string of the molecule is O=C(N[C@@H](Cc1cnc[nH]1)C(=O)N/N=C\c1ccc(OCc2ccccc2)c(Br)c1)OCc1ccccc1. The summed E-state index contributed by atoms with van der Waals surface area (Å²) in [6, 6.07) is 23.7. The second-order valence-electron chi connectivity index (χ2n) is 8.24. The molecule has 0 fully saturated rings. The molecular weight excluding hydrogens is 550 g/mol. The molecule has 0 saturated heterocycles. The molecule has 3 aromatic carbocycles. The van der Waals surface area contributed by atoms with E-state index in [0.29, 0.717) is 18.1 Å². The van der Waals surface area contributed by atoms with Crippen LogP contribution in [0, 0.1) is 0 Å². The lowest BCUT2D eigenvalue weighted by molar-refractivity contribution is -0.123. The molecule has 4 aromatic rings. The number of nitrogens with one attached hydrogen (secondary N) is 3. The number of amides is 2. The maximum Gasteiger partial charge on any atom is 0.408 e. The van der Waals surface area contributed by atoms with Gasteiger partial charge in [-0.15, -0.1) is 0 Å². The Bertz CT molecular complexity index is 1350. The summed E-state index contributed by atoms with van der Waals surface area (Å²) in [5.74, 6) is 0.183. The second kappa shape index (κ2) is 13.8. The van der Waals surface area contributed by atoms with Gasteiger partial charge in [-0.3, -0.25) is 4.79 Å². The Balaban J connectivity index is 1.32. The molecule has 9 nitrogen and oxygen atoms in total. The third-order valence-electron chi connectivity index (χ3n) is 5.38. The fraction of sp³-hybridized carbons (Fsp3) is 0.143. The second-order valence-corrected chi connectivity index (χ2v) is 9.09. The van der Waals surface area contributed by atoms with Gasteiger partial charge >= 0.3 is 6.09 Å². The van der Waals surface area contributed by atoms with Crippen LogP contribution in [0.1, 0.15) is 22.4 Å². The van der Waals surface area contributed by atoms with E-state index in [2.05, 4.69) is 41.7 Å². The van der Waals surface area contributed by atoms with Gasteiger partial charge < -0.3 is 19.8 Å². The zero-order chi connectivity index (χ0) is 26.6. The predicted octanol–water partition coefficient (Wildman–Crippen LogP) is 4.74. The normalized spacial score (nSPS) is 11.6. The van der Waals surface area contributed by atoms with Gasteiger partial charge in [0, 0.05) is 18.3 Å². The number of aromatic amines is 1. The van der Waals surface area contributed by atoms with Gasteiger partial charge in [-0.2, -0.15) is 5.10 Å². The molecule has 1 aromatic heterocycles. The topological polar surface area (TPSA) is 118 Å². The van der Waals surface area contributed by atoms with Gasteiger partial charge in [0.1, 0.15) is 25.0 Å². The van der Waals surface area contributed by atoms with Gasteiger partial charge in [0.15, 0.2) is 0 Å². The molecule has 194 valence electrons. The average molecular weight is 576 g/mol. The molecule has 0 aliphatic heterocycles. The summed E-state index contributed by atoms with van der Waals surface area (Å²) in [6.45, 7) is 0.532. The summed E-state index contributed by atoms with van der Waals surface area (Å²) in [7, 11) is 0. The van der Waals surface area contributed by atoms with Crippen molar-refractivity contribution in [1.82, 2.24) is 20.7 Å². The van der Waals surface area contributed by atoms with Gasteiger partial charge in [0.2, 0.25) is 0 Å². The van der Waals surface area contributed by atoms with E-state index < -0.39 is 18.0 Å². The summed E-state index contributed by atoms with van der Waals surface area (Å²) in [5.41, 5.74) is 5.80. The molecule has 3 N–H and O–H groups in total. The lowest BCUT2D eigenvalue weighted by Crippen LogP contribution is -2.47. The van der Waals surface area contributed by atoms with Gasteiger partial charge in [0.25, 0.3) is 5.91 Å². The molecule has 0 aliphatic rings. The number of ether oxygens (including phenoxy) is 2. The van der Waals surface area contributed by atoms with Crippen LogP contribution in [-0.4, -0.2) is 34.2 Å². The van der Waals surface area contributed by atoms with E-state index in [1.165, 1.54) is 12.5 Å². The largest absolute Gasteiger partial charge is 0.488 e. The number of benzene rings is 3. The van der Waals surface area contributed by atoms with Crippen LogP contribution in [0.4, 0.5) is 4.79 Å². The standard InChI is InChI=1S/C28H26BrN5O4/c29-24-13-22(11-12-26(24)37-17-20-7-3-1-4-8-20)15-32-34-27(35)25(14-23-16-30-19-31-23)33-28(36)38-18-21-9-5-2-6-10-21/h1-13,15-16,19,25H,14,17-18H2,(H,30,31)(H,33,36)(H,34,35)/b32-15-/t25-/m0/s1. The van der Waals surface area contributed by atoms with Crippen molar-refractivity contribution in [2.45, 2.75) is 25.7 Å². The molecule has 0 saturated carbocycles. The van der Waals surface area contributed by atoms with Crippen LogP contribution in [-0.2, 0) is 29.2 Å². The van der Waals surface area contributed by atoms with Crippen molar-refractivity contribution in [1.29, 1.82) is 0 Å². The van der Waals surface area contributed by atoms with E-state index in [1.54, 1.807) is 6.20 Å². The van der Waals surface area contributed by atoms with Gasteiger partial charge in [-0.1, -0.05) is 60.7 Å². The minimum Gasteiger partial charge on any atom is -0.488 e. The van der Waals surface area contributed by atoms with Crippen molar-refractivity contribution in [3.05, 3.63) is 118 Å². The van der Waals surface area contributed by atoms with Crippen LogP contribution in [0.2, 0.25) is 0 Å². The number of H-pyrrole nitrogens is 1. The Kier molecular flexibility index (Phi) is 9.63. The molecule has 0 spiro atoms. The number of halogens is 1. The molecule has 1 heterocycles. The molecular formula is C28H26BrN5O4. The molecule has 0 radical (unpaired) electrons. The predicted molar refractivity (Wildman–Crippen MR) is 146 cm³/mol. The first-order valence-corrected chi connectivity index (χ1v) is 12.6. The van der Waals surface area contributed by atoms with Crippen molar-refractivity contribution < 1.29 is 19.1 Å². The minimum atomic E-state index is -0.934. The summed E-state index contributed by atoms with van der Waals surface area (Å²) in [6.07, 6.45) is 4.05. The Labute approximate surface area is 228 Å². The smallest absolute Gasteiger partial charge is 0.408 e. The highest BCUT2D eigenvalue weighted by atomic mass is 79.9. The summed E-state index contributed by atoms with van der Waals surface area (Å²) in [4.78, 5) is 32.1. The fourth-order valence-corrected chi connectivity index (χ4v) is 3.94. The summed E-state index contributed by atoms with van der Waals surface area (Å²) in [5, 5.41) is 6.65. The van der Waals surface area contributed by atoms with Crippen molar-refractivity contribution >= 4 is 34.1 Å². The van der Waals surface area contributed by atoms with E-state index in [1.807, 2.05) is 78.9 Å². The van der Waals surface area contributed by atoms with Crippen LogP contribution in [0.15, 0.2) is 101 Å². The lowest BCUT2D eigenvalue weighted by atomic mass is 10.1. The highest BCUT2D eigenvalue weighted by Crippen LogP contribution is 2.26. The summed E-state index contributed by atoms with van der Waals surface area (Å²) >= 11 is 3.51. The van der Waals surface area contributed by atoms with Crippen molar-refractivity contribution in [3.63, 3.8) is 0 Å². The monoisotopic (exact) mass is 575 g/mol. The Morgan fingerprint density at radius 1 is 1.00 bits per heavy atom. The number of aromatic nitrogens is 2. The first-order chi connectivity index (χ1) is 18.6. The number of nitrogens with zero attached hydrogens (tertiary/aromatic N) is 2. The van der Waals surface area contributed by atoms with Crippen molar-refractivity contribution in [2.24, 2.45) is 5.10 Å². The van der Waals surface area contributed by atoms with Crippen LogP contribution in [0.3, 0.4) is 0 Å². The Morgan fingerprint density at radius 3 is 2.37 bits per heavy atom. The van der Waals surface area contributed by atoms with Crippen LogP contribution < -0.4 is 15.5 Å². The minimum absolute atomic E-state index is 0.0865. The number of carbonyl (C=O) groups is 2. The highest BCUT2D eigenvalue weighted by molar-refractivity contribution is 9.10. The van der Waals surface area contributed by atoms with Crippen LogP contribution in [0.5, 0.6) is 5.75 Å². The maximum atomic E-state index is 12.9. The molecule has 0 unspecified atom stereocenters. The van der Waals surface area contributed by atoms with Gasteiger partial charge in [0.05, 0.1) is 17.0 Å².